The molecule has 1 atom stereocenters. The molecule has 30 heavy (non-hydrogen) atoms. The minimum absolute atomic E-state index is 0.123. The predicted molar refractivity (Wildman–Crippen MR) is 133 cm³/mol. The molecule has 1 N–H and O–H groups in total. The van der Waals surface area contributed by atoms with Crippen LogP contribution in [0.1, 0.15) is 73.1 Å². The molecule has 0 bridgehead atoms. The molecule has 1 aliphatic rings. The van der Waals surface area contributed by atoms with Gasteiger partial charge in [0.05, 0.1) is 0 Å². The van der Waals surface area contributed by atoms with Crippen molar-refractivity contribution in [3.05, 3.63) is 93.6 Å². The predicted octanol–water partition coefficient (Wildman–Crippen LogP) is 7.50. The van der Waals surface area contributed by atoms with E-state index in [-0.39, 0.29) is 5.54 Å². The minimum Gasteiger partial charge on any atom is -0.311 e. The van der Waals surface area contributed by atoms with Gasteiger partial charge >= 0.3 is 0 Å². The molecule has 0 heterocycles. The topological polar surface area (TPSA) is 12.0 Å². The van der Waals surface area contributed by atoms with E-state index in [1.54, 1.807) is 0 Å². The lowest BCUT2D eigenvalue weighted by Crippen LogP contribution is -2.35. The Morgan fingerprint density at radius 1 is 1.07 bits per heavy atom. The van der Waals surface area contributed by atoms with Crippen molar-refractivity contribution in [3.8, 4) is 0 Å². The maximum atomic E-state index is 4.57. The van der Waals surface area contributed by atoms with Gasteiger partial charge in [0.1, 0.15) is 0 Å². The lowest BCUT2D eigenvalue weighted by atomic mass is 9.74. The first-order chi connectivity index (χ1) is 14.1. The first-order valence-corrected chi connectivity index (χ1v) is 11.1. The van der Waals surface area contributed by atoms with Crippen molar-refractivity contribution >= 4 is 11.1 Å². The second-order valence-corrected chi connectivity index (χ2v) is 9.42. The van der Waals surface area contributed by atoms with E-state index in [1.807, 2.05) is 0 Å². The average molecular weight is 400 g/mol. The Balaban J connectivity index is 2.37. The second kappa shape index (κ2) is 8.40. The second-order valence-electron chi connectivity index (χ2n) is 9.42. The van der Waals surface area contributed by atoms with E-state index < -0.39 is 0 Å². The molecule has 0 radical (unpaired) electrons. The molecule has 1 aliphatic carbocycles. The van der Waals surface area contributed by atoms with Crippen LogP contribution in [-0.2, 0) is 5.54 Å². The first kappa shape index (κ1) is 22.3. The van der Waals surface area contributed by atoms with Crippen LogP contribution in [0.3, 0.4) is 0 Å². The maximum Gasteiger partial charge on any atom is 0.0381 e. The molecule has 1 heteroatoms. The maximum absolute atomic E-state index is 4.57. The van der Waals surface area contributed by atoms with E-state index in [4.69, 9.17) is 0 Å². The fourth-order valence-corrected chi connectivity index (χ4v) is 4.96. The van der Waals surface area contributed by atoms with Gasteiger partial charge in [0.25, 0.3) is 0 Å². The largest absolute Gasteiger partial charge is 0.311 e. The number of hydrogen-bond donors (Lipinski definition) is 1. The highest BCUT2D eigenvalue weighted by molar-refractivity contribution is 5.88. The van der Waals surface area contributed by atoms with Crippen LogP contribution >= 0.6 is 0 Å². The zero-order valence-electron chi connectivity index (χ0n) is 20.0. The molecule has 2 aromatic rings. The van der Waals surface area contributed by atoms with Crippen molar-refractivity contribution in [2.75, 3.05) is 7.05 Å². The summed E-state index contributed by atoms with van der Waals surface area (Å²) >= 11 is 0. The summed E-state index contributed by atoms with van der Waals surface area (Å²) in [6.45, 7) is 20.4. The van der Waals surface area contributed by atoms with E-state index in [9.17, 15) is 0 Å². The summed E-state index contributed by atoms with van der Waals surface area (Å²) in [7, 11) is 2.06. The lowest BCUT2D eigenvalue weighted by Gasteiger charge is -2.34. The van der Waals surface area contributed by atoms with Gasteiger partial charge in [-0.05, 0) is 117 Å². The molecule has 0 saturated carbocycles. The number of hydrogen-bond acceptors (Lipinski definition) is 1. The third kappa shape index (κ3) is 3.84. The average Bonchev–Trinajstić information content (AvgIpc) is 2.69. The SMILES string of the molecule is C=C(c1ccccc1C)c1c(C)cc(C(C)(C)NC)c(C2=C(C)C=CCC2C)c1C. The molecule has 0 aromatic heterocycles. The van der Waals surface area contributed by atoms with Crippen LogP contribution in [0, 0.1) is 26.7 Å². The number of rotatable bonds is 5. The van der Waals surface area contributed by atoms with Crippen LogP contribution in [0.25, 0.3) is 11.1 Å². The zero-order valence-corrected chi connectivity index (χ0v) is 20.0. The first-order valence-electron chi connectivity index (χ1n) is 11.1. The van der Waals surface area contributed by atoms with E-state index in [0.29, 0.717) is 5.92 Å². The van der Waals surface area contributed by atoms with Crippen LogP contribution in [0.15, 0.2) is 54.6 Å². The Bertz CT molecular complexity index is 1050. The Hall–Kier alpha value is -2.38. The van der Waals surface area contributed by atoms with E-state index in [1.165, 1.54) is 50.1 Å². The molecule has 1 unspecified atom stereocenters. The van der Waals surface area contributed by atoms with Crippen LogP contribution in [0.5, 0.6) is 0 Å². The molecule has 0 fully saturated rings. The quantitative estimate of drug-likeness (QED) is 0.549. The third-order valence-electron chi connectivity index (χ3n) is 6.89. The van der Waals surface area contributed by atoms with Gasteiger partial charge in [0.15, 0.2) is 0 Å². The van der Waals surface area contributed by atoms with Gasteiger partial charge in [-0.15, -0.1) is 0 Å². The zero-order chi connectivity index (χ0) is 22.2. The Morgan fingerprint density at radius 2 is 1.73 bits per heavy atom. The van der Waals surface area contributed by atoms with Crippen molar-refractivity contribution in [1.29, 1.82) is 0 Å². The van der Waals surface area contributed by atoms with Crippen LogP contribution in [0.2, 0.25) is 0 Å². The summed E-state index contributed by atoms with van der Waals surface area (Å²) in [5, 5.41) is 3.55. The molecular weight excluding hydrogens is 362 g/mol. The monoisotopic (exact) mass is 399 g/mol. The lowest BCUT2D eigenvalue weighted by molar-refractivity contribution is 0.442. The summed E-state index contributed by atoms with van der Waals surface area (Å²) in [5.41, 5.74) is 13.1. The summed E-state index contributed by atoms with van der Waals surface area (Å²) in [4.78, 5) is 0. The molecule has 3 rings (SSSR count). The smallest absolute Gasteiger partial charge is 0.0381 e. The van der Waals surface area contributed by atoms with Crippen molar-refractivity contribution < 1.29 is 0 Å². The van der Waals surface area contributed by atoms with E-state index in [2.05, 4.69) is 110 Å². The fourth-order valence-electron chi connectivity index (χ4n) is 4.96. The highest BCUT2D eigenvalue weighted by Gasteiger charge is 2.30. The molecule has 0 saturated heterocycles. The van der Waals surface area contributed by atoms with Crippen LogP contribution in [0.4, 0.5) is 0 Å². The fraction of sp³-hybridized carbons (Fsp3) is 0.379. The van der Waals surface area contributed by atoms with Gasteiger partial charge in [0, 0.05) is 5.54 Å². The molecule has 1 nitrogen and oxygen atoms in total. The Kier molecular flexibility index (Phi) is 6.24. The summed E-state index contributed by atoms with van der Waals surface area (Å²) in [6.07, 6.45) is 5.69. The van der Waals surface area contributed by atoms with Crippen LogP contribution < -0.4 is 5.32 Å². The van der Waals surface area contributed by atoms with Crippen molar-refractivity contribution in [2.45, 2.75) is 60.4 Å². The normalized spacial score (nSPS) is 16.9. The van der Waals surface area contributed by atoms with E-state index >= 15 is 0 Å². The molecule has 2 aromatic carbocycles. The van der Waals surface area contributed by atoms with Gasteiger partial charge in [0.2, 0.25) is 0 Å². The van der Waals surface area contributed by atoms with E-state index in [0.717, 1.165) is 12.0 Å². The molecule has 0 aliphatic heterocycles. The molecule has 0 spiro atoms. The molecule has 158 valence electrons. The standard InChI is InChI=1S/C29H37N/c1-18-13-10-11-16-24(18)22(5)27-21(4)17-25(29(7,8)30-9)28(23(27)6)26-19(2)14-12-15-20(26)3/h10-14,16-17,20,30H,5,15H2,1-4,6-9H3. The van der Waals surface area contributed by atoms with Gasteiger partial charge in [-0.3, -0.25) is 0 Å². The van der Waals surface area contributed by atoms with Crippen molar-refractivity contribution in [2.24, 2.45) is 5.92 Å². The summed E-state index contributed by atoms with van der Waals surface area (Å²) in [6, 6.07) is 11.0. The van der Waals surface area contributed by atoms with Gasteiger partial charge in [-0.25, -0.2) is 0 Å². The molecule has 0 amide bonds. The van der Waals surface area contributed by atoms with Crippen molar-refractivity contribution in [3.63, 3.8) is 0 Å². The van der Waals surface area contributed by atoms with Gasteiger partial charge < -0.3 is 5.32 Å². The highest BCUT2D eigenvalue weighted by Crippen LogP contribution is 2.43. The van der Waals surface area contributed by atoms with Crippen LogP contribution in [-0.4, -0.2) is 7.05 Å². The van der Waals surface area contributed by atoms with Crippen molar-refractivity contribution in [1.82, 2.24) is 5.32 Å². The Labute approximate surface area is 183 Å². The number of allylic oxidation sites excluding steroid dienone is 4. The number of aryl methyl sites for hydroxylation is 2. The summed E-state index contributed by atoms with van der Waals surface area (Å²) in [5.74, 6) is 0.502. The van der Waals surface area contributed by atoms with Gasteiger partial charge in [-0.2, -0.15) is 0 Å². The molecular formula is C29H37N. The number of nitrogens with one attached hydrogen (secondary N) is 1. The minimum atomic E-state index is -0.123. The highest BCUT2D eigenvalue weighted by atomic mass is 14.9. The summed E-state index contributed by atoms with van der Waals surface area (Å²) < 4.78 is 0. The Morgan fingerprint density at radius 3 is 2.33 bits per heavy atom. The third-order valence-corrected chi connectivity index (χ3v) is 6.89. The number of benzene rings is 2. The van der Waals surface area contributed by atoms with Gasteiger partial charge in [-0.1, -0.05) is 56.0 Å².